The summed E-state index contributed by atoms with van der Waals surface area (Å²) >= 11 is 0. The van der Waals surface area contributed by atoms with Crippen molar-refractivity contribution < 1.29 is 13.2 Å². The minimum absolute atomic E-state index is 0.128. The molecule has 0 bridgehead atoms. The number of sulfonamides is 1. The van der Waals surface area contributed by atoms with Crippen molar-refractivity contribution in [2.45, 2.75) is 38.6 Å². The molecule has 1 N–H and O–H groups in total. The Bertz CT molecular complexity index is 535. The molecule has 0 spiro atoms. The fraction of sp³-hybridized carbons (Fsp3) is 0.462. The molecule has 0 aliphatic rings. The summed E-state index contributed by atoms with van der Waals surface area (Å²) in [6.45, 7) is 7.12. The molecule has 0 amide bonds. The third-order valence-electron chi connectivity index (χ3n) is 2.89. The first-order valence-electron chi connectivity index (χ1n) is 5.87. The second-order valence-electron chi connectivity index (χ2n) is 4.74. The maximum Gasteiger partial charge on any atom is 0.240 e. The van der Waals surface area contributed by atoms with Gasteiger partial charge in [0, 0.05) is 11.6 Å². The molecular weight excluding hydrogens is 250 g/mol. The summed E-state index contributed by atoms with van der Waals surface area (Å²) in [5, 5.41) is 0. The van der Waals surface area contributed by atoms with Crippen LogP contribution in [-0.4, -0.2) is 20.2 Å². The van der Waals surface area contributed by atoms with E-state index in [1.54, 1.807) is 12.1 Å². The average molecular weight is 269 g/mol. The van der Waals surface area contributed by atoms with Gasteiger partial charge >= 0.3 is 0 Å². The normalized spacial score (nSPS) is 13.6. The molecule has 0 heterocycles. The molecule has 0 unspecified atom stereocenters. The predicted octanol–water partition coefficient (Wildman–Crippen LogP) is 2.21. The second-order valence-corrected chi connectivity index (χ2v) is 6.45. The number of carbonyl (C=O) groups excluding carboxylic acids is 1. The summed E-state index contributed by atoms with van der Waals surface area (Å²) in [4.78, 5) is 11.4. The lowest BCUT2D eigenvalue weighted by Crippen LogP contribution is -2.36. The molecule has 1 aromatic rings. The third-order valence-corrected chi connectivity index (χ3v) is 4.45. The van der Waals surface area contributed by atoms with E-state index in [-0.39, 0.29) is 22.6 Å². The largest absolute Gasteiger partial charge is 0.295 e. The van der Waals surface area contributed by atoms with Crippen molar-refractivity contribution in [1.82, 2.24) is 4.72 Å². The Hall–Kier alpha value is -1.20. The summed E-state index contributed by atoms with van der Waals surface area (Å²) in [5.41, 5.74) is 0.398. The van der Waals surface area contributed by atoms with Gasteiger partial charge in [-0.05, 0) is 31.9 Å². The first-order chi connectivity index (χ1) is 8.24. The highest BCUT2D eigenvalue weighted by molar-refractivity contribution is 7.89. The summed E-state index contributed by atoms with van der Waals surface area (Å²) in [6.07, 6.45) is 0. The first kappa shape index (κ1) is 14.9. The highest BCUT2D eigenvalue weighted by atomic mass is 32.2. The van der Waals surface area contributed by atoms with Gasteiger partial charge in [-0.15, -0.1) is 0 Å². The highest BCUT2D eigenvalue weighted by Gasteiger charge is 2.19. The molecule has 1 atom stereocenters. The van der Waals surface area contributed by atoms with Gasteiger partial charge in [0.1, 0.15) is 0 Å². The number of carbonyl (C=O) groups is 1. The van der Waals surface area contributed by atoms with Crippen LogP contribution in [0.2, 0.25) is 0 Å². The molecule has 0 saturated heterocycles. The van der Waals surface area contributed by atoms with E-state index in [0.717, 1.165) is 0 Å². The van der Waals surface area contributed by atoms with E-state index < -0.39 is 10.0 Å². The minimum Gasteiger partial charge on any atom is -0.295 e. The molecule has 1 aromatic carbocycles. The maximum absolute atomic E-state index is 12.1. The van der Waals surface area contributed by atoms with Gasteiger partial charge in [-0.2, -0.15) is 0 Å². The number of ketones is 1. The molecule has 0 aliphatic heterocycles. The van der Waals surface area contributed by atoms with Crippen LogP contribution in [0, 0.1) is 5.92 Å². The first-order valence-corrected chi connectivity index (χ1v) is 7.35. The van der Waals surface area contributed by atoms with E-state index in [1.165, 1.54) is 19.1 Å². The van der Waals surface area contributed by atoms with E-state index in [4.69, 9.17) is 0 Å². The third kappa shape index (κ3) is 3.65. The lowest BCUT2D eigenvalue weighted by atomic mass is 10.1. The Morgan fingerprint density at radius 3 is 2.33 bits per heavy atom. The summed E-state index contributed by atoms with van der Waals surface area (Å²) in [6, 6.07) is 5.91. The molecule has 5 heteroatoms. The standard InChI is InChI=1S/C13H19NO3S/c1-9(2)10(3)14-18(16,17)13-7-5-6-12(8-13)11(4)15/h5-10,14H,1-4H3/t10-/m1/s1. The van der Waals surface area contributed by atoms with E-state index in [9.17, 15) is 13.2 Å². The van der Waals surface area contributed by atoms with Gasteiger partial charge in [0.15, 0.2) is 5.78 Å². The van der Waals surface area contributed by atoms with Crippen LogP contribution in [0.15, 0.2) is 29.2 Å². The van der Waals surface area contributed by atoms with E-state index in [0.29, 0.717) is 5.56 Å². The Morgan fingerprint density at radius 2 is 1.83 bits per heavy atom. The number of hydrogen-bond donors (Lipinski definition) is 1. The van der Waals surface area contributed by atoms with Crippen LogP contribution < -0.4 is 4.72 Å². The smallest absolute Gasteiger partial charge is 0.240 e. The highest BCUT2D eigenvalue weighted by Crippen LogP contribution is 2.14. The van der Waals surface area contributed by atoms with Crippen molar-refractivity contribution in [3.05, 3.63) is 29.8 Å². The maximum atomic E-state index is 12.1. The molecule has 0 fully saturated rings. The summed E-state index contributed by atoms with van der Waals surface area (Å²) < 4.78 is 26.8. The van der Waals surface area contributed by atoms with Crippen LogP contribution in [0.5, 0.6) is 0 Å². The number of rotatable bonds is 5. The van der Waals surface area contributed by atoms with Gasteiger partial charge in [0.25, 0.3) is 0 Å². The number of Topliss-reactive ketones (excluding diaryl/α,β-unsaturated/α-hetero) is 1. The van der Waals surface area contributed by atoms with Crippen molar-refractivity contribution in [3.63, 3.8) is 0 Å². The van der Waals surface area contributed by atoms with Gasteiger partial charge in [-0.1, -0.05) is 26.0 Å². The summed E-state index contributed by atoms with van der Waals surface area (Å²) in [5.74, 6) is 0.0553. The Labute approximate surface area is 108 Å². The van der Waals surface area contributed by atoms with Crippen LogP contribution in [0.3, 0.4) is 0 Å². The zero-order chi connectivity index (χ0) is 13.9. The number of nitrogens with one attached hydrogen (secondary N) is 1. The van der Waals surface area contributed by atoms with Gasteiger partial charge in [0.2, 0.25) is 10.0 Å². The zero-order valence-electron chi connectivity index (χ0n) is 11.1. The van der Waals surface area contributed by atoms with Crippen molar-refractivity contribution in [2.75, 3.05) is 0 Å². The van der Waals surface area contributed by atoms with Gasteiger partial charge in [-0.25, -0.2) is 13.1 Å². The fourth-order valence-electron chi connectivity index (χ4n) is 1.33. The average Bonchev–Trinajstić information content (AvgIpc) is 2.28. The summed E-state index contributed by atoms with van der Waals surface area (Å²) in [7, 11) is -3.56. The van der Waals surface area contributed by atoms with E-state index >= 15 is 0 Å². The topological polar surface area (TPSA) is 63.2 Å². The van der Waals surface area contributed by atoms with Gasteiger partial charge in [0.05, 0.1) is 4.90 Å². The number of hydrogen-bond acceptors (Lipinski definition) is 3. The number of benzene rings is 1. The fourth-order valence-corrected chi connectivity index (χ4v) is 2.77. The van der Waals surface area contributed by atoms with Crippen molar-refractivity contribution in [2.24, 2.45) is 5.92 Å². The Balaban J connectivity index is 3.05. The quantitative estimate of drug-likeness (QED) is 0.834. The SMILES string of the molecule is CC(=O)c1cccc(S(=O)(=O)N[C@H](C)C(C)C)c1. The molecule has 0 aromatic heterocycles. The molecule has 100 valence electrons. The van der Waals surface area contributed by atoms with Crippen LogP contribution in [0.4, 0.5) is 0 Å². The van der Waals surface area contributed by atoms with E-state index in [1.807, 2.05) is 20.8 Å². The monoisotopic (exact) mass is 269 g/mol. The zero-order valence-corrected chi connectivity index (χ0v) is 11.9. The lowest BCUT2D eigenvalue weighted by Gasteiger charge is -2.17. The molecule has 1 rings (SSSR count). The van der Waals surface area contributed by atoms with E-state index in [2.05, 4.69) is 4.72 Å². The molecule has 0 radical (unpaired) electrons. The van der Waals surface area contributed by atoms with Crippen molar-refractivity contribution in [1.29, 1.82) is 0 Å². The van der Waals surface area contributed by atoms with Crippen molar-refractivity contribution >= 4 is 15.8 Å². The molecule has 0 saturated carbocycles. The van der Waals surface area contributed by atoms with Crippen LogP contribution in [0.25, 0.3) is 0 Å². The van der Waals surface area contributed by atoms with Gasteiger partial charge < -0.3 is 0 Å². The molecular formula is C13H19NO3S. The Kier molecular flexibility index (Phi) is 4.65. The molecule has 4 nitrogen and oxygen atoms in total. The lowest BCUT2D eigenvalue weighted by molar-refractivity contribution is 0.101. The minimum atomic E-state index is -3.56. The van der Waals surface area contributed by atoms with Crippen molar-refractivity contribution in [3.8, 4) is 0 Å². The van der Waals surface area contributed by atoms with Crippen LogP contribution in [0.1, 0.15) is 38.1 Å². The van der Waals surface area contributed by atoms with Crippen LogP contribution >= 0.6 is 0 Å². The molecule has 0 aliphatic carbocycles. The Morgan fingerprint density at radius 1 is 1.22 bits per heavy atom. The predicted molar refractivity (Wildman–Crippen MR) is 71.1 cm³/mol. The second kappa shape index (κ2) is 5.63. The van der Waals surface area contributed by atoms with Gasteiger partial charge in [-0.3, -0.25) is 4.79 Å². The molecule has 18 heavy (non-hydrogen) atoms. The van der Waals surface area contributed by atoms with Crippen LogP contribution in [-0.2, 0) is 10.0 Å².